The van der Waals surface area contributed by atoms with Crippen molar-refractivity contribution in [3.63, 3.8) is 0 Å². The van der Waals surface area contributed by atoms with Crippen molar-refractivity contribution in [2.24, 2.45) is 0 Å². The molecule has 0 radical (unpaired) electrons. The number of amides is 1. The van der Waals surface area contributed by atoms with E-state index in [0.29, 0.717) is 5.57 Å². The lowest BCUT2D eigenvalue weighted by Crippen LogP contribution is -2.13. The Morgan fingerprint density at radius 1 is 1.00 bits per heavy atom. The van der Waals surface area contributed by atoms with E-state index in [1.807, 2.05) is 42.5 Å². The van der Waals surface area contributed by atoms with Crippen molar-refractivity contribution >= 4 is 33.9 Å². The zero-order valence-electron chi connectivity index (χ0n) is 14.0. The van der Waals surface area contributed by atoms with Gasteiger partial charge in [-0.1, -0.05) is 42.5 Å². The number of carbonyl (C=O) groups is 2. The molecule has 4 nitrogen and oxygen atoms in total. The van der Waals surface area contributed by atoms with Crippen molar-refractivity contribution in [1.82, 2.24) is 0 Å². The van der Waals surface area contributed by atoms with Crippen LogP contribution in [0.15, 0.2) is 66.7 Å². The SMILES string of the molecule is C/C(=C/C(=O)Nc1cccc(F)c1C(=O)O)c1ccc2ccccc2c1. The minimum Gasteiger partial charge on any atom is -0.478 e. The van der Waals surface area contributed by atoms with E-state index in [1.54, 1.807) is 6.92 Å². The zero-order chi connectivity index (χ0) is 18.7. The quantitative estimate of drug-likeness (QED) is 0.670. The number of hydrogen-bond acceptors (Lipinski definition) is 2. The van der Waals surface area contributed by atoms with Crippen LogP contribution < -0.4 is 5.32 Å². The molecule has 0 spiro atoms. The van der Waals surface area contributed by atoms with Gasteiger partial charge >= 0.3 is 5.97 Å². The van der Waals surface area contributed by atoms with Crippen LogP contribution in [0.25, 0.3) is 16.3 Å². The highest BCUT2D eigenvalue weighted by Gasteiger charge is 2.16. The molecule has 0 atom stereocenters. The van der Waals surface area contributed by atoms with Gasteiger partial charge in [0.2, 0.25) is 5.91 Å². The second kappa shape index (κ2) is 7.19. The van der Waals surface area contributed by atoms with Gasteiger partial charge in [0.05, 0.1) is 5.69 Å². The molecule has 0 fully saturated rings. The van der Waals surface area contributed by atoms with Crippen LogP contribution in [-0.4, -0.2) is 17.0 Å². The Morgan fingerprint density at radius 2 is 1.73 bits per heavy atom. The number of carbonyl (C=O) groups excluding carboxylic acids is 1. The van der Waals surface area contributed by atoms with Gasteiger partial charge < -0.3 is 10.4 Å². The van der Waals surface area contributed by atoms with E-state index in [-0.39, 0.29) is 5.69 Å². The van der Waals surface area contributed by atoms with Crippen molar-refractivity contribution in [1.29, 1.82) is 0 Å². The summed E-state index contributed by atoms with van der Waals surface area (Å²) in [5.74, 6) is -2.86. The minimum absolute atomic E-state index is 0.0786. The van der Waals surface area contributed by atoms with E-state index >= 15 is 0 Å². The van der Waals surface area contributed by atoms with Crippen molar-refractivity contribution in [3.8, 4) is 0 Å². The minimum atomic E-state index is -1.44. The van der Waals surface area contributed by atoms with E-state index in [2.05, 4.69) is 5.32 Å². The van der Waals surface area contributed by atoms with E-state index in [0.717, 1.165) is 22.4 Å². The fourth-order valence-corrected chi connectivity index (χ4v) is 2.73. The summed E-state index contributed by atoms with van der Waals surface area (Å²) in [4.78, 5) is 23.4. The number of nitrogens with one attached hydrogen (secondary N) is 1. The lowest BCUT2D eigenvalue weighted by Gasteiger charge is -2.08. The zero-order valence-corrected chi connectivity index (χ0v) is 14.0. The lowest BCUT2D eigenvalue weighted by molar-refractivity contribution is -0.111. The van der Waals surface area contributed by atoms with Crippen LogP contribution in [0.3, 0.4) is 0 Å². The monoisotopic (exact) mass is 349 g/mol. The summed E-state index contributed by atoms with van der Waals surface area (Å²) in [5.41, 5.74) is 0.945. The standard InChI is InChI=1S/C21H16FNO3/c1-13(15-10-9-14-5-2-3-6-16(14)12-15)11-19(24)23-18-8-4-7-17(22)20(18)21(25)26/h2-12H,1H3,(H,23,24)(H,25,26)/b13-11-. The van der Waals surface area contributed by atoms with Gasteiger partial charge in [0.15, 0.2) is 0 Å². The van der Waals surface area contributed by atoms with Crippen molar-refractivity contribution in [2.75, 3.05) is 5.32 Å². The van der Waals surface area contributed by atoms with Crippen LogP contribution in [0.4, 0.5) is 10.1 Å². The molecular weight excluding hydrogens is 333 g/mol. The fourth-order valence-electron chi connectivity index (χ4n) is 2.73. The second-order valence-electron chi connectivity index (χ2n) is 5.85. The first-order valence-electron chi connectivity index (χ1n) is 7.96. The van der Waals surface area contributed by atoms with Crippen molar-refractivity contribution in [2.45, 2.75) is 6.92 Å². The Balaban J connectivity index is 1.86. The van der Waals surface area contributed by atoms with Gasteiger partial charge in [0, 0.05) is 6.08 Å². The predicted octanol–water partition coefficient (Wildman–Crippen LogP) is 4.72. The van der Waals surface area contributed by atoms with Crippen LogP contribution >= 0.6 is 0 Å². The Hall–Kier alpha value is -3.47. The second-order valence-corrected chi connectivity index (χ2v) is 5.85. The summed E-state index contributed by atoms with van der Waals surface area (Å²) in [6.45, 7) is 1.79. The van der Waals surface area contributed by atoms with E-state index < -0.39 is 23.3 Å². The lowest BCUT2D eigenvalue weighted by atomic mass is 10.0. The molecule has 0 saturated heterocycles. The molecule has 130 valence electrons. The summed E-state index contributed by atoms with van der Waals surface area (Å²) >= 11 is 0. The molecule has 3 aromatic carbocycles. The highest BCUT2D eigenvalue weighted by Crippen LogP contribution is 2.22. The van der Waals surface area contributed by atoms with Gasteiger partial charge in [0.25, 0.3) is 0 Å². The number of halogens is 1. The summed E-state index contributed by atoms with van der Waals surface area (Å²) in [5, 5.41) is 13.7. The Morgan fingerprint density at radius 3 is 2.46 bits per heavy atom. The number of hydrogen-bond donors (Lipinski definition) is 2. The molecule has 0 aliphatic heterocycles. The third-order valence-corrected chi connectivity index (χ3v) is 4.04. The van der Waals surface area contributed by atoms with Crippen LogP contribution in [0.1, 0.15) is 22.8 Å². The molecule has 26 heavy (non-hydrogen) atoms. The molecule has 0 aromatic heterocycles. The predicted molar refractivity (Wildman–Crippen MR) is 99.6 cm³/mol. The van der Waals surface area contributed by atoms with Gasteiger partial charge in [-0.2, -0.15) is 0 Å². The first-order chi connectivity index (χ1) is 12.5. The summed E-state index contributed by atoms with van der Waals surface area (Å²) in [6.07, 6.45) is 1.36. The number of rotatable bonds is 4. The van der Waals surface area contributed by atoms with Crippen LogP contribution in [0.2, 0.25) is 0 Å². The maximum Gasteiger partial charge on any atom is 0.340 e. The Kier molecular flexibility index (Phi) is 4.80. The number of benzene rings is 3. The van der Waals surface area contributed by atoms with Crippen LogP contribution in [0, 0.1) is 5.82 Å². The smallest absolute Gasteiger partial charge is 0.340 e. The summed E-state index contributed by atoms with van der Waals surface area (Å²) in [6, 6.07) is 17.5. The fraction of sp³-hybridized carbons (Fsp3) is 0.0476. The Bertz CT molecular complexity index is 1040. The maximum absolute atomic E-state index is 13.7. The molecule has 0 aliphatic carbocycles. The van der Waals surface area contributed by atoms with E-state index in [1.165, 1.54) is 18.2 Å². The average Bonchev–Trinajstić information content (AvgIpc) is 2.60. The van der Waals surface area contributed by atoms with E-state index in [4.69, 9.17) is 5.11 Å². The average molecular weight is 349 g/mol. The first-order valence-corrected chi connectivity index (χ1v) is 7.96. The molecular formula is C21H16FNO3. The number of allylic oxidation sites excluding steroid dienone is 1. The number of carboxylic acids is 1. The maximum atomic E-state index is 13.7. The highest BCUT2D eigenvalue weighted by molar-refractivity contribution is 6.07. The number of anilines is 1. The molecule has 0 unspecified atom stereocenters. The molecule has 0 bridgehead atoms. The molecule has 0 aliphatic rings. The topological polar surface area (TPSA) is 66.4 Å². The van der Waals surface area contributed by atoms with E-state index in [9.17, 15) is 14.0 Å². The third-order valence-electron chi connectivity index (χ3n) is 4.04. The van der Waals surface area contributed by atoms with Crippen molar-refractivity contribution in [3.05, 3.63) is 83.7 Å². The van der Waals surface area contributed by atoms with Gasteiger partial charge in [-0.15, -0.1) is 0 Å². The molecule has 3 rings (SSSR count). The molecule has 2 N–H and O–H groups in total. The van der Waals surface area contributed by atoms with Gasteiger partial charge in [-0.25, -0.2) is 9.18 Å². The molecule has 3 aromatic rings. The summed E-state index contributed by atoms with van der Waals surface area (Å²) < 4.78 is 13.7. The third kappa shape index (κ3) is 3.62. The Labute approximate surface area is 149 Å². The van der Waals surface area contributed by atoms with Crippen LogP contribution in [-0.2, 0) is 4.79 Å². The molecule has 5 heteroatoms. The number of fused-ring (bicyclic) bond motifs is 1. The molecule has 1 amide bonds. The number of carboxylic acid groups (broad SMARTS) is 1. The van der Waals surface area contributed by atoms with Crippen molar-refractivity contribution < 1.29 is 19.1 Å². The summed E-state index contributed by atoms with van der Waals surface area (Å²) in [7, 11) is 0. The molecule has 0 heterocycles. The van der Waals surface area contributed by atoms with Crippen LogP contribution in [0.5, 0.6) is 0 Å². The normalized spacial score (nSPS) is 11.4. The highest BCUT2D eigenvalue weighted by atomic mass is 19.1. The number of aromatic carboxylic acids is 1. The largest absolute Gasteiger partial charge is 0.478 e. The van der Waals surface area contributed by atoms with Gasteiger partial charge in [-0.05, 0) is 47.0 Å². The first kappa shape index (κ1) is 17.4. The molecule has 0 saturated carbocycles. The van der Waals surface area contributed by atoms with Gasteiger partial charge in [-0.3, -0.25) is 4.79 Å². The van der Waals surface area contributed by atoms with Gasteiger partial charge in [0.1, 0.15) is 11.4 Å².